The Labute approximate surface area is 188 Å². The zero-order chi connectivity index (χ0) is 22.5. The normalized spacial score (nSPS) is 17.6. The highest BCUT2D eigenvalue weighted by molar-refractivity contribution is 7.89. The van der Waals surface area contributed by atoms with Gasteiger partial charge in [-0.15, -0.1) is 0 Å². The summed E-state index contributed by atoms with van der Waals surface area (Å²) in [7, 11) is -3.57. The number of carbonyl (C=O) groups is 1. The first-order chi connectivity index (χ1) is 15.3. The lowest BCUT2D eigenvalue weighted by atomic mass is 10.0. The van der Waals surface area contributed by atoms with Crippen molar-refractivity contribution >= 4 is 26.8 Å². The van der Waals surface area contributed by atoms with E-state index in [1.165, 1.54) is 4.31 Å². The van der Waals surface area contributed by atoms with Crippen molar-refractivity contribution in [1.82, 2.24) is 14.2 Å². The van der Waals surface area contributed by atoms with Gasteiger partial charge in [0.05, 0.1) is 16.0 Å². The number of aromatic nitrogens is 1. The largest absolute Gasteiger partial charge is 0.336 e. The van der Waals surface area contributed by atoms with Crippen LogP contribution in [0.5, 0.6) is 0 Å². The molecule has 1 aliphatic carbocycles. The summed E-state index contributed by atoms with van der Waals surface area (Å²) in [4.78, 5) is 20.3. The van der Waals surface area contributed by atoms with E-state index in [0.29, 0.717) is 42.6 Å². The van der Waals surface area contributed by atoms with E-state index >= 15 is 0 Å². The molecule has 0 unspecified atom stereocenters. The van der Waals surface area contributed by atoms with Gasteiger partial charge in [0.15, 0.2) is 0 Å². The van der Waals surface area contributed by atoms with Crippen molar-refractivity contribution < 1.29 is 13.2 Å². The minimum absolute atomic E-state index is 0.0475. The van der Waals surface area contributed by atoms with Crippen LogP contribution in [0.15, 0.2) is 53.4 Å². The Morgan fingerprint density at radius 3 is 2.34 bits per heavy atom. The van der Waals surface area contributed by atoms with Gasteiger partial charge in [-0.25, -0.2) is 8.42 Å². The third kappa shape index (κ3) is 3.80. The summed E-state index contributed by atoms with van der Waals surface area (Å²) < 4.78 is 27.7. The average Bonchev–Trinajstić information content (AvgIpc) is 3.65. The maximum atomic E-state index is 13.4. The summed E-state index contributed by atoms with van der Waals surface area (Å²) >= 11 is 0. The molecule has 0 atom stereocenters. The van der Waals surface area contributed by atoms with Crippen LogP contribution in [0, 0.1) is 13.8 Å². The molecule has 0 bridgehead atoms. The summed E-state index contributed by atoms with van der Waals surface area (Å²) in [5.41, 5.74) is 4.52. The number of hydrogen-bond acceptors (Lipinski definition) is 4. The molecule has 3 aromatic rings. The Balaban J connectivity index is 1.37. The minimum atomic E-state index is -3.57. The van der Waals surface area contributed by atoms with Crippen molar-refractivity contribution in [3.8, 4) is 0 Å². The second-order valence-electron chi connectivity index (χ2n) is 8.83. The number of benzene rings is 2. The van der Waals surface area contributed by atoms with E-state index in [1.807, 2.05) is 50.2 Å². The van der Waals surface area contributed by atoms with E-state index in [-0.39, 0.29) is 5.91 Å². The molecule has 2 fully saturated rings. The Hall–Kier alpha value is -2.77. The maximum Gasteiger partial charge on any atom is 0.254 e. The number of nitrogens with zero attached hydrogens (tertiary/aromatic N) is 3. The molecular weight excluding hydrogens is 422 g/mol. The number of amides is 1. The van der Waals surface area contributed by atoms with Gasteiger partial charge in [0.2, 0.25) is 10.0 Å². The Bertz CT molecular complexity index is 1310. The van der Waals surface area contributed by atoms with Crippen molar-refractivity contribution in [3.05, 3.63) is 70.9 Å². The number of fused-ring (bicyclic) bond motifs is 1. The summed E-state index contributed by atoms with van der Waals surface area (Å²) in [5.74, 6) is 0.403. The molecule has 0 N–H and O–H groups in total. The number of hydrogen-bond donors (Lipinski definition) is 0. The smallest absolute Gasteiger partial charge is 0.254 e. The van der Waals surface area contributed by atoms with Gasteiger partial charge in [-0.1, -0.05) is 24.3 Å². The average molecular weight is 450 g/mol. The van der Waals surface area contributed by atoms with Gasteiger partial charge in [-0.2, -0.15) is 4.31 Å². The number of para-hydroxylation sites is 1. The molecule has 1 saturated heterocycles. The molecule has 6 nitrogen and oxygen atoms in total. The standard InChI is InChI=1S/C25H27N3O3S/c1-17-7-10-20(15-18(17)2)32(30,31)28-13-11-27(12-14-28)25(29)22-16-24(19-8-9-19)26-23-6-4-3-5-21(22)23/h3-7,10,15-16,19H,8-9,11-14H2,1-2H3. The number of rotatable bonds is 4. The Morgan fingerprint density at radius 1 is 0.938 bits per heavy atom. The van der Waals surface area contributed by atoms with Crippen LogP contribution >= 0.6 is 0 Å². The van der Waals surface area contributed by atoms with Crippen molar-refractivity contribution in [3.63, 3.8) is 0 Å². The highest BCUT2D eigenvalue weighted by Crippen LogP contribution is 2.40. The van der Waals surface area contributed by atoms with Crippen LogP contribution in [-0.4, -0.2) is 54.7 Å². The molecular formula is C25H27N3O3S. The molecule has 32 heavy (non-hydrogen) atoms. The monoisotopic (exact) mass is 449 g/mol. The van der Waals surface area contributed by atoms with Gasteiger partial charge in [0, 0.05) is 43.2 Å². The van der Waals surface area contributed by atoms with Gasteiger partial charge in [0.25, 0.3) is 5.91 Å². The lowest BCUT2D eigenvalue weighted by Gasteiger charge is -2.34. The zero-order valence-corrected chi connectivity index (χ0v) is 19.2. The van der Waals surface area contributed by atoms with Crippen LogP contribution < -0.4 is 0 Å². The molecule has 2 aliphatic rings. The first-order valence-corrected chi connectivity index (χ1v) is 12.5. The lowest BCUT2D eigenvalue weighted by Crippen LogP contribution is -2.50. The molecule has 1 saturated carbocycles. The van der Waals surface area contributed by atoms with E-state index in [1.54, 1.807) is 17.0 Å². The van der Waals surface area contributed by atoms with Gasteiger partial charge in [-0.3, -0.25) is 9.78 Å². The first-order valence-electron chi connectivity index (χ1n) is 11.1. The third-order valence-corrected chi connectivity index (χ3v) is 8.50. The zero-order valence-electron chi connectivity index (χ0n) is 18.4. The van der Waals surface area contributed by atoms with Crippen LogP contribution in [0.4, 0.5) is 0 Å². The predicted molar refractivity (Wildman–Crippen MR) is 124 cm³/mol. The van der Waals surface area contributed by atoms with Crippen LogP contribution in [0.3, 0.4) is 0 Å². The molecule has 5 rings (SSSR count). The van der Waals surface area contributed by atoms with Crippen LogP contribution in [0.1, 0.15) is 45.9 Å². The van der Waals surface area contributed by atoms with Gasteiger partial charge in [-0.05, 0) is 62.1 Å². The second-order valence-corrected chi connectivity index (χ2v) is 10.8. The summed E-state index contributed by atoms with van der Waals surface area (Å²) in [5, 5.41) is 0.854. The maximum absolute atomic E-state index is 13.4. The van der Waals surface area contributed by atoms with Crippen LogP contribution in [0.25, 0.3) is 10.9 Å². The summed E-state index contributed by atoms with van der Waals surface area (Å²) in [6.45, 7) is 5.21. The fourth-order valence-corrected chi connectivity index (χ4v) is 5.79. The number of carbonyl (C=O) groups excluding carboxylic acids is 1. The number of pyridine rings is 1. The number of piperazine rings is 1. The Morgan fingerprint density at radius 2 is 1.66 bits per heavy atom. The van der Waals surface area contributed by atoms with Gasteiger partial charge in [0.1, 0.15) is 0 Å². The van der Waals surface area contributed by atoms with E-state index in [2.05, 4.69) is 0 Å². The Kier molecular flexibility index (Phi) is 5.26. The molecule has 7 heteroatoms. The fraction of sp³-hybridized carbons (Fsp3) is 0.360. The molecule has 1 aliphatic heterocycles. The summed E-state index contributed by atoms with van der Waals surface area (Å²) in [6.07, 6.45) is 2.24. The van der Waals surface area contributed by atoms with Crippen LogP contribution in [-0.2, 0) is 10.0 Å². The van der Waals surface area contributed by atoms with E-state index in [4.69, 9.17) is 4.98 Å². The van der Waals surface area contributed by atoms with Crippen LogP contribution in [0.2, 0.25) is 0 Å². The van der Waals surface area contributed by atoms with Gasteiger partial charge < -0.3 is 4.90 Å². The fourth-order valence-electron chi connectivity index (χ4n) is 4.29. The van der Waals surface area contributed by atoms with E-state index < -0.39 is 10.0 Å². The third-order valence-electron chi connectivity index (χ3n) is 6.60. The molecule has 1 aromatic heterocycles. The topological polar surface area (TPSA) is 70.6 Å². The SMILES string of the molecule is Cc1ccc(S(=O)(=O)N2CCN(C(=O)c3cc(C4CC4)nc4ccccc34)CC2)cc1C. The number of sulfonamides is 1. The van der Waals surface area contributed by atoms with Crippen molar-refractivity contribution in [2.45, 2.75) is 37.5 Å². The molecule has 0 spiro atoms. The summed E-state index contributed by atoms with van der Waals surface area (Å²) in [6, 6.07) is 14.9. The second kappa shape index (κ2) is 7.98. The van der Waals surface area contributed by atoms with Crippen molar-refractivity contribution in [2.24, 2.45) is 0 Å². The number of aryl methyl sites for hydroxylation is 2. The molecule has 1 amide bonds. The van der Waals surface area contributed by atoms with Crippen molar-refractivity contribution in [2.75, 3.05) is 26.2 Å². The minimum Gasteiger partial charge on any atom is -0.336 e. The lowest BCUT2D eigenvalue weighted by molar-refractivity contribution is 0.0699. The quantitative estimate of drug-likeness (QED) is 0.606. The first kappa shape index (κ1) is 21.1. The highest BCUT2D eigenvalue weighted by Gasteiger charge is 2.32. The molecule has 2 heterocycles. The highest BCUT2D eigenvalue weighted by atomic mass is 32.2. The predicted octanol–water partition coefficient (Wildman–Crippen LogP) is 3.88. The van der Waals surface area contributed by atoms with E-state index in [0.717, 1.165) is 40.6 Å². The molecule has 166 valence electrons. The van der Waals surface area contributed by atoms with Crippen molar-refractivity contribution in [1.29, 1.82) is 0 Å². The molecule has 2 aromatic carbocycles. The molecule has 0 radical (unpaired) electrons. The van der Waals surface area contributed by atoms with E-state index in [9.17, 15) is 13.2 Å². The van der Waals surface area contributed by atoms with Gasteiger partial charge >= 0.3 is 0 Å².